The third kappa shape index (κ3) is 32.6. The first kappa shape index (κ1) is 114. The summed E-state index contributed by atoms with van der Waals surface area (Å²) in [5, 5.41) is 1.07. The van der Waals surface area contributed by atoms with E-state index < -0.39 is 0 Å². The number of carbonyl (C=O) groups is 7. The molecule has 150 heavy (non-hydrogen) atoms. The number of carbonyl (C=O) groups excluding carboxylic acids is 7. The van der Waals surface area contributed by atoms with E-state index in [1.165, 1.54) is 88.5 Å². The number of rotatable bonds is 20. The summed E-state index contributed by atoms with van der Waals surface area (Å²) in [6.45, 7) is 48.2. The summed E-state index contributed by atoms with van der Waals surface area (Å²) in [4.78, 5) is 119. The van der Waals surface area contributed by atoms with E-state index in [2.05, 4.69) is 252 Å². The SMILES string of the molecule is CC(C)(C)c1cccc(C(=O)Cc2cccnc2)c1.CC(C)(C)c1cccc(C(=O)Cc2cnc3ccccc3c2)c1.CC(C)(C)c1cccc(C(=O)Cc2cncnc2)c1.CC(C)(C)c1cccc2c1CC(=O)N(C1CCCCC1)C2.Cc1cc(CC(=O)c2cccc(C(C)(C)C)c2)ccn1.Cn1c(-c2ccccc2)cnc1CC(=O)c1cccc(C(C)(C)C)c1.Cn1c(CC(=O)c2cccc(C(C)(C)C)c2)nc2ccccc21. The van der Waals surface area contributed by atoms with Crippen LogP contribution in [0.25, 0.3) is 33.2 Å². The van der Waals surface area contributed by atoms with Gasteiger partial charge in [-0.05, 0) is 214 Å². The van der Waals surface area contributed by atoms with Crippen molar-refractivity contribution in [3.8, 4) is 11.3 Å². The molecule has 1 aliphatic carbocycles. The van der Waals surface area contributed by atoms with Crippen LogP contribution in [0.15, 0.2) is 323 Å². The topological polar surface area (TPSA) is 223 Å². The number of fused-ring (bicyclic) bond motifs is 3. The largest absolute Gasteiger partial charge is 0.335 e. The maximum atomic E-state index is 12.7. The Bertz CT molecular complexity index is 7230. The number of imidazole rings is 2. The van der Waals surface area contributed by atoms with Crippen molar-refractivity contribution in [1.82, 2.24) is 48.9 Å². The second kappa shape index (κ2) is 50.4. The van der Waals surface area contributed by atoms with Crippen molar-refractivity contribution in [1.29, 1.82) is 0 Å². The molecular weight excluding hydrogens is 1850 g/mol. The maximum Gasteiger partial charge on any atom is 0.227 e. The van der Waals surface area contributed by atoms with Crippen molar-refractivity contribution < 1.29 is 33.6 Å². The van der Waals surface area contributed by atoms with Crippen LogP contribution in [0, 0.1) is 6.92 Å². The van der Waals surface area contributed by atoms with Crippen molar-refractivity contribution in [2.24, 2.45) is 14.1 Å². The number of amides is 1. The van der Waals surface area contributed by atoms with Crippen LogP contribution in [0.1, 0.15) is 329 Å². The molecule has 0 unspecified atom stereocenters. The van der Waals surface area contributed by atoms with Crippen LogP contribution in [-0.4, -0.2) is 95.6 Å². The van der Waals surface area contributed by atoms with Gasteiger partial charge in [0.2, 0.25) is 5.91 Å². The molecule has 18 rings (SSSR count). The average Bonchev–Trinajstić information content (AvgIpc) is 0.897. The quantitative estimate of drug-likeness (QED) is 0.0648. The van der Waals surface area contributed by atoms with Gasteiger partial charge in [-0.3, -0.25) is 48.5 Å². The molecule has 0 bridgehead atoms. The normalized spacial score (nSPS) is 12.8. The van der Waals surface area contributed by atoms with E-state index >= 15 is 0 Å². The van der Waals surface area contributed by atoms with Crippen molar-refractivity contribution in [3.05, 3.63) is 446 Å². The van der Waals surface area contributed by atoms with Gasteiger partial charge in [-0.1, -0.05) is 359 Å². The van der Waals surface area contributed by atoms with Gasteiger partial charge in [0.1, 0.15) is 18.0 Å². The molecule has 16 aromatic rings. The number of aromatic nitrogens is 9. The summed E-state index contributed by atoms with van der Waals surface area (Å²) >= 11 is 0. The molecule has 0 spiro atoms. The minimum Gasteiger partial charge on any atom is -0.335 e. The molecule has 1 aliphatic heterocycles. The molecular formula is C133H152N10O7. The predicted molar refractivity (Wildman–Crippen MR) is 612 cm³/mol. The summed E-state index contributed by atoms with van der Waals surface area (Å²) in [5.74, 6) is 2.65. The minimum absolute atomic E-state index is 0.0278. The van der Waals surface area contributed by atoms with E-state index in [-0.39, 0.29) is 72.6 Å². The van der Waals surface area contributed by atoms with Gasteiger partial charge in [-0.25, -0.2) is 19.9 Å². The molecule has 1 saturated carbocycles. The van der Waals surface area contributed by atoms with Crippen LogP contribution in [0.3, 0.4) is 0 Å². The van der Waals surface area contributed by atoms with Crippen molar-refractivity contribution in [2.75, 3.05) is 0 Å². The molecule has 17 heteroatoms. The van der Waals surface area contributed by atoms with E-state index in [0.29, 0.717) is 56.9 Å². The molecule has 10 aromatic carbocycles. The van der Waals surface area contributed by atoms with Crippen LogP contribution in [0.2, 0.25) is 0 Å². The van der Waals surface area contributed by atoms with Gasteiger partial charge in [0.15, 0.2) is 34.7 Å². The van der Waals surface area contributed by atoms with Crippen molar-refractivity contribution >= 4 is 62.5 Å². The molecule has 2 aliphatic rings. The lowest BCUT2D eigenvalue weighted by atomic mass is 9.79. The second-order valence-electron chi connectivity index (χ2n) is 46.8. The number of pyridine rings is 3. The highest BCUT2D eigenvalue weighted by molar-refractivity contribution is 6.01. The molecule has 0 atom stereocenters. The third-order valence-corrected chi connectivity index (χ3v) is 27.5. The highest BCUT2D eigenvalue weighted by Crippen LogP contribution is 2.37. The number of hydrogen-bond donors (Lipinski definition) is 0. The molecule has 1 fully saturated rings. The fourth-order valence-electron chi connectivity index (χ4n) is 18.2. The Balaban J connectivity index is 0.000000155. The highest BCUT2D eigenvalue weighted by atomic mass is 16.2. The van der Waals surface area contributed by atoms with Gasteiger partial charge in [-0.2, -0.15) is 0 Å². The second-order valence-corrected chi connectivity index (χ2v) is 46.8. The zero-order chi connectivity index (χ0) is 109. The summed E-state index contributed by atoms with van der Waals surface area (Å²) in [5.41, 5.74) is 25.8. The van der Waals surface area contributed by atoms with Crippen LogP contribution >= 0.6 is 0 Å². The van der Waals surface area contributed by atoms with Gasteiger partial charge >= 0.3 is 0 Å². The van der Waals surface area contributed by atoms with Crippen LogP contribution in [0.5, 0.6) is 0 Å². The van der Waals surface area contributed by atoms with E-state index in [0.717, 1.165) is 113 Å². The molecule has 17 nitrogen and oxygen atoms in total. The van der Waals surface area contributed by atoms with Crippen LogP contribution in [-0.2, 0) is 108 Å². The fourth-order valence-corrected chi connectivity index (χ4v) is 18.2. The monoisotopic (exact) mass is 2000 g/mol. The number of nitrogens with zero attached hydrogens (tertiary/aromatic N) is 10. The van der Waals surface area contributed by atoms with Gasteiger partial charge in [0.25, 0.3) is 0 Å². The Kier molecular flexibility index (Phi) is 38.3. The number of benzene rings is 10. The first-order valence-corrected chi connectivity index (χ1v) is 52.5. The summed E-state index contributed by atoms with van der Waals surface area (Å²) in [7, 11) is 3.92. The van der Waals surface area contributed by atoms with Crippen LogP contribution in [0.4, 0.5) is 0 Å². The summed E-state index contributed by atoms with van der Waals surface area (Å²) in [6.07, 6.45) is 22.7. The minimum atomic E-state index is 0.0278. The van der Waals surface area contributed by atoms with E-state index in [1.807, 2.05) is 243 Å². The Hall–Kier alpha value is -14.8. The Morgan fingerprint density at radius 3 is 1.19 bits per heavy atom. The Morgan fingerprint density at radius 1 is 0.327 bits per heavy atom. The number of ketones is 6. The first-order valence-electron chi connectivity index (χ1n) is 52.5. The number of aryl methyl sites for hydroxylation is 2. The predicted octanol–water partition coefficient (Wildman–Crippen LogP) is 29.4. The molecule has 776 valence electrons. The van der Waals surface area contributed by atoms with Gasteiger partial charge < -0.3 is 14.0 Å². The fraction of sp³-hybridized carbons (Fsp3) is 0.338. The van der Waals surface area contributed by atoms with Crippen molar-refractivity contribution in [3.63, 3.8) is 0 Å². The third-order valence-electron chi connectivity index (χ3n) is 27.5. The smallest absolute Gasteiger partial charge is 0.227 e. The van der Waals surface area contributed by atoms with E-state index in [1.54, 1.807) is 37.2 Å². The zero-order valence-corrected chi connectivity index (χ0v) is 92.7. The standard InChI is InChI=1S/C22H24N2O.C21H21NO.C20H22N2O.C19H27NO.C18H21NO.C17H19NO.C16H18N2O/c1-22(2,3)18-12-8-11-17(13-18)20(25)14-21-23-15-19(24(21)4)16-9-6-5-7-10-16;1-21(2,3)18-9-6-8-17(13-18)20(23)12-15-11-16-7-4-5-10-19(16)22-14-15;1-20(2,3)15-9-7-8-14(12-15)18(23)13-19-21-16-10-5-6-11-17(16)22(19)4;1-19(2,3)17-11-7-8-14-13-20(18(21)12-16(14)17)15-9-5-4-6-10-15;1-13-10-14(8-9-19-13)11-17(20)15-6-5-7-16(12-15)18(2,3)4;1-17(2,3)15-8-4-7-14(11-15)16(19)10-13-6-5-9-18-12-13;1-16(2,3)14-6-4-5-13(8-14)15(19)7-12-9-17-11-18-10-12/h5-13,15H,14H2,1-4H3;4-11,13-14H,12H2,1-3H3;5-12H,13H2,1-4H3;7-8,11,15H,4-6,9-10,12-13H2,1-3H3;5-10,12H,11H2,1-4H3;4-9,11-12H,10H2,1-3H3;4-6,8-11H,7H2,1-3H3. The summed E-state index contributed by atoms with van der Waals surface area (Å²) in [6, 6.07) is 90.3. The molecule has 1 amide bonds. The number of hydrogen-bond acceptors (Lipinski definition) is 14. The Morgan fingerprint density at radius 2 is 0.740 bits per heavy atom. The van der Waals surface area contributed by atoms with E-state index in [4.69, 9.17) is 0 Å². The maximum absolute atomic E-state index is 12.7. The lowest BCUT2D eigenvalue weighted by Crippen LogP contribution is -2.44. The molecule has 0 N–H and O–H groups in total. The average molecular weight is 2000 g/mol. The molecule has 6 aromatic heterocycles. The van der Waals surface area contributed by atoms with Gasteiger partial charge in [0, 0.05) is 134 Å². The highest BCUT2D eigenvalue weighted by Gasteiger charge is 2.34. The van der Waals surface area contributed by atoms with Gasteiger partial charge in [-0.15, -0.1) is 0 Å². The zero-order valence-electron chi connectivity index (χ0n) is 92.7. The van der Waals surface area contributed by atoms with Gasteiger partial charge in [0.05, 0.1) is 47.7 Å². The van der Waals surface area contributed by atoms with E-state index in [9.17, 15) is 33.6 Å². The van der Waals surface area contributed by atoms with Crippen LogP contribution < -0.4 is 0 Å². The lowest BCUT2D eigenvalue weighted by molar-refractivity contribution is -0.135. The molecule has 0 saturated heterocycles. The summed E-state index contributed by atoms with van der Waals surface area (Å²) < 4.78 is 4.00. The molecule has 7 heterocycles. The first-order chi connectivity index (χ1) is 70.9. The number of para-hydroxylation sites is 3. The Labute approximate surface area is 890 Å². The lowest BCUT2D eigenvalue weighted by Gasteiger charge is -2.39. The van der Waals surface area contributed by atoms with Crippen molar-refractivity contribution in [2.45, 2.75) is 280 Å². The molecule has 0 radical (unpaired) electrons. The number of Topliss-reactive ketones (excluding diaryl/α,β-unsaturated/α-hetero) is 6.